The summed E-state index contributed by atoms with van der Waals surface area (Å²) in [7, 11) is 0. The molecule has 32 heavy (non-hydrogen) atoms. The number of nitrogens with one attached hydrogen (secondary N) is 1. The quantitative estimate of drug-likeness (QED) is 0.470. The SMILES string of the molecule is CCOc1ccc(-n2nnc(C(=O)N[C@H](C)c3ccc(F)cc3)c2-c2ccncc2)cc1. The lowest BCUT2D eigenvalue weighted by Crippen LogP contribution is -2.27. The van der Waals surface area contributed by atoms with Crippen molar-refractivity contribution in [3.63, 3.8) is 0 Å². The Bertz CT molecular complexity index is 1190. The van der Waals surface area contributed by atoms with Crippen molar-refractivity contribution in [1.29, 1.82) is 0 Å². The summed E-state index contributed by atoms with van der Waals surface area (Å²) < 4.78 is 20.3. The Balaban J connectivity index is 1.69. The summed E-state index contributed by atoms with van der Waals surface area (Å²) in [4.78, 5) is 17.2. The van der Waals surface area contributed by atoms with Crippen LogP contribution in [0.2, 0.25) is 0 Å². The van der Waals surface area contributed by atoms with E-state index in [1.54, 1.807) is 41.3 Å². The van der Waals surface area contributed by atoms with E-state index >= 15 is 0 Å². The predicted molar refractivity (Wildman–Crippen MR) is 118 cm³/mol. The van der Waals surface area contributed by atoms with Gasteiger partial charge in [0.2, 0.25) is 0 Å². The van der Waals surface area contributed by atoms with Crippen molar-refractivity contribution in [3.05, 3.63) is 90.1 Å². The zero-order valence-corrected chi connectivity index (χ0v) is 17.7. The standard InChI is InChI=1S/C24H22FN5O2/c1-3-32-21-10-8-20(9-11-21)30-23(18-12-14-26-15-13-18)22(28-29-30)24(31)27-16(2)17-4-6-19(25)7-5-17/h4-16H,3H2,1-2H3,(H,27,31)/t16-/m1/s1. The van der Waals surface area contributed by atoms with Gasteiger partial charge in [-0.2, -0.15) is 0 Å². The maximum atomic E-state index is 13.2. The highest BCUT2D eigenvalue weighted by Crippen LogP contribution is 2.26. The van der Waals surface area contributed by atoms with Crippen LogP contribution in [0.5, 0.6) is 5.75 Å². The third-order valence-corrected chi connectivity index (χ3v) is 4.95. The molecule has 4 rings (SSSR count). The zero-order chi connectivity index (χ0) is 22.5. The van der Waals surface area contributed by atoms with Gasteiger partial charge < -0.3 is 10.1 Å². The molecule has 1 N–H and O–H groups in total. The molecule has 0 radical (unpaired) electrons. The number of hydrogen-bond acceptors (Lipinski definition) is 5. The minimum Gasteiger partial charge on any atom is -0.494 e. The average molecular weight is 431 g/mol. The highest BCUT2D eigenvalue weighted by Gasteiger charge is 2.23. The summed E-state index contributed by atoms with van der Waals surface area (Å²) >= 11 is 0. The van der Waals surface area contributed by atoms with Crippen molar-refractivity contribution < 1.29 is 13.9 Å². The molecular weight excluding hydrogens is 409 g/mol. The summed E-state index contributed by atoms with van der Waals surface area (Å²) in [5, 5.41) is 11.3. The molecule has 0 aliphatic rings. The van der Waals surface area contributed by atoms with Crippen LogP contribution in [-0.2, 0) is 0 Å². The first-order chi connectivity index (χ1) is 15.6. The van der Waals surface area contributed by atoms with Gasteiger partial charge in [-0.1, -0.05) is 17.3 Å². The van der Waals surface area contributed by atoms with E-state index < -0.39 is 0 Å². The molecule has 162 valence electrons. The Kier molecular flexibility index (Phi) is 6.21. The van der Waals surface area contributed by atoms with Crippen molar-refractivity contribution in [3.8, 4) is 22.7 Å². The molecule has 0 unspecified atom stereocenters. The second-order valence-corrected chi connectivity index (χ2v) is 7.11. The van der Waals surface area contributed by atoms with Gasteiger partial charge in [0, 0.05) is 18.0 Å². The Morgan fingerprint density at radius 1 is 1.06 bits per heavy atom. The number of carbonyl (C=O) groups excluding carboxylic acids is 1. The summed E-state index contributed by atoms with van der Waals surface area (Å²) in [5.74, 6) is 0.0317. The molecule has 2 aromatic carbocycles. The lowest BCUT2D eigenvalue weighted by molar-refractivity contribution is 0.0935. The Morgan fingerprint density at radius 3 is 2.41 bits per heavy atom. The molecule has 8 heteroatoms. The molecule has 7 nitrogen and oxygen atoms in total. The molecule has 0 fully saturated rings. The summed E-state index contributed by atoms with van der Waals surface area (Å²) in [6, 6.07) is 16.6. The molecule has 1 amide bonds. The number of hydrogen-bond donors (Lipinski definition) is 1. The third kappa shape index (κ3) is 4.49. The molecule has 2 heterocycles. The number of ether oxygens (including phenoxy) is 1. The maximum Gasteiger partial charge on any atom is 0.274 e. The Labute approximate surface area is 184 Å². The summed E-state index contributed by atoms with van der Waals surface area (Å²) in [6.07, 6.45) is 3.29. The van der Waals surface area contributed by atoms with Crippen LogP contribution in [-0.4, -0.2) is 32.5 Å². The van der Waals surface area contributed by atoms with Gasteiger partial charge in [0.25, 0.3) is 5.91 Å². The molecule has 0 aliphatic carbocycles. The summed E-state index contributed by atoms with van der Waals surface area (Å²) in [6.45, 7) is 4.32. The number of halogens is 1. The van der Waals surface area contributed by atoms with Crippen LogP contribution in [0, 0.1) is 5.82 Å². The van der Waals surface area contributed by atoms with Crippen LogP contribution < -0.4 is 10.1 Å². The monoisotopic (exact) mass is 431 g/mol. The normalized spacial score (nSPS) is 11.7. The van der Waals surface area contributed by atoms with Crippen molar-refractivity contribution in [1.82, 2.24) is 25.3 Å². The molecular formula is C24H22FN5O2. The molecule has 0 aliphatic heterocycles. The van der Waals surface area contributed by atoms with E-state index in [0.717, 1.165) is 22.6 Å². The second kappa shape index (κ2) is 9.38. The average Bonchev–Trinajstić information content (AvgIpc) is 3.26. The van der Waals surface area contributed by atoms with Crippen molar-refractivity contribution in [2.75, 3.05) is 6.61 Å². The fourth-order valence-corrected chi connectivity index (χ4v) is 3.33. The van der Waals surface area contributed by atoms with E-state index in [1.165, 1.54) is 12.1 Å². The van der Waals surface area contributed by atoms with E-state index in [9.17, 15) is 9.18 Å². The number of carbonyl (C=O) groups is 1. The van der Waals surface area contributed by atoms with Gasteiger partial charge in [0.1, 0.15) is 17.3 Å². The highest BCUT2D eigenvalue weighted by atomic mass is 19.1. The van der Waals surface area contributed by atoms with E-state index in [1.807, 2.05) is 38.1 Å². The van der Waals surface area contributed by atoms with Crippen LogP contribution in [0.4, 0.5) is 4.39 Å². The van der Waals surface area contributed by atoms with Crippen LogP contribution in [0.3, 0.4) is 0 Å². The fourth-order valence-electron chi connectivity index (χ4n) is 3.33. The Morgan fingerprint density at radius 2 is 1.75 bits per heavy atom. The van der Waals surface area contributed by atoms with Gasteiger partial charge in [0.15, 0.2) is 5.69 Å². The van der Waals surface area contributed by atoms with E-state index in [4.69, 9.17) is 4.74 Å². The molecule has 2 aromatic heterocycles. The smallest absolute Gasteiger partial charge is 0.274 e. The first-order valence-corrected chi connectivity index (χ1v) is 10.2. The minimum absolute atomic E-state index is 0.180. The van der Waals surface area contributed by atoms with E-state index in [0.29, 0.717) is 12.3 Å². The largest absolute Gasteiger partial charge is 0.494 e. The number of nitrogens with zero attached hydrogens (tertiary/aromatic N) is 4. The molecule has 0 saturated heterocycles. The van der Waals surface area contributed by atoms with Crippen molar-refractivity contribution >= 4 is 5.91 Å². The Hall–Kier alpha value is -4.07. The number of rotatable bonds is 7. The lowest BCUT2D eigenvalue weighted by atomic mass is 10.1. The first-order valence-electron chi connectivity index (χ1n) is 10.2. The van der Waals surface area contributed by atoms with Crippen molar-refractivity contribution in [2.45, 2.75) is 19.9 Å². The van der Waals surface area contributed by atoms with Gasteiger partial charge in [-0.3, -0.25) is 9.78 Å². The molecule has 1 atom stereocenters. The fraction of sp³-hybridized carbons (Fsp3) is 0.167. The molecule has 4 aromatic rings. The van der Waals surface area contributed by atoms with Gasteiger partial charge in [-0.15, -0.1) is 5.10 Å². The van der Waals surface area contributed by atoms with E-state index in [2.05, 4.69) is 20.6 Å². The van der Waals surface area contributed by atoms with Gasteiger partial charge in [-0.05, 0) is 67.9 Å². The first kappa shape index (κ1) is 21.2. The zero-order valence-electron chi connectivity index (χ0n) is 17.7. The number of benzene rings is 2. The van der Waals surface area contributed by atoms with Crippen molar-refractivity contribution in [2.24, 2.45) is 0 Å². The molecule has 0 spiro atoms. The van der Waals surface area contributed by atoms with Crippen LogP contribution in [0.1, 0.15) is 35.9 Å². The second-order valence-electron chi connectivity index (χ2n) is 7.11. The predicted octanol–water partition coefficient (Wildman–Crippen LogP) is 4.36. The molecule has 0 bridgehead atoms. The topological polar surface area (TPSA) is 81.9 Å². The summed E-state index contributed by atoms with van der Waals surface area (Å²) in [5.41, 5.74) is 2.99. The third-order valence-electron chi connectivity index (χ3n) is 4.95. The maximum absolute atomic E-state index is 13.2. The van der Waals surface area contributed by atoms with Gasteiger partial charge in [0.05, 0.1) is 18.3 Å². The minimum atomic E-state index is -0.383. The number of aromatic nitrogens is 4. The van der Waals surface area contributed by atoms with Crippen LogP contribution in [0.15, 0.2) is 73.1 Å². The van der Waals surface area contributed by atoms with Crippen LogP contribution >= 0.6 is 0 Å². The molecule has 0 saturated carbocycles. The lowest BCUT2D eigenvalue weighted by Gasteiger charge is -2.14. The van der Waals surface area contributed by atoms with E-state index in [-0.39, 0.29) is 23.5 Å². The highest BCUT2D eigenvalue weighted by molar-refractivity contribution is 5.98. The van der Waals surface area contributed by atoms with Gasteiger partial charge >= 0.3 is 0 Å². The number of pyridine rings is 1. The van der Waals surface area contributed by atoms with Crippen LogP contribution in [0.25, 0.3) is 16.9 Å². The van der Waals surface area contributed by atoms with Gasteiger partial charge in [-0.25, -0.2) is 9.07 Å². The number of amides is 1.